The van der Waals surface area contributed by atoms with E-state index in [1.165, 1.54) is 10.4 Å². The Morgan fingerprint density at radius 3 is 2.70 bits per heavy atom. The summed E-state index contributed by atoms with van der Waals surface area (Å²) < 4.78 is 10.3. The predicted octanol–water partition coefficient (Wildman–Crippen LogP) is 2.00. The first-order valence-corrected chi connectivity index (χ1v) is 7.20. The van der Waals surface area contributed by atoms with E-state index in [0.717, 1.165) is 19.0 Å². The number of nitrogens with zero attached hydrogens (tertiary/aromatic N) is 1. The zero-order valence-corrected chi connectivity index (χ0v) is 15.4. The summed E-state index contributed by atoms with van der Waals surface area (Å²) in [5.41, 5.74) is 1.32. The molecule has 0 aromatic carbocycles. The van der Waals surface area contributed by atoms with Crippen LogP contribution in [0, 0.1) is 6.92 Å². The third-order valence-corrected chi connectivity index (χ3v) is 3.60. The molecule has 0 radical (unpaired) electrons. The van der Waals surface area contributed by atoms with E-state index in [1.807, 2.05) is 0 Å². The molecule has 1 rings (SSSR count). The van der Waals surface area contributed by atoms with Crippen LogP contribution < -0.4 is 10.6 Å². The molecule has 0 atom stereocenters. The number of guanidine groups is 1. The van der Waals surface area contributed by atoms with Gasteiger partial charge in [0.2, 0.25) is 0 Å². The van der Waals surface area contributed by atoms with Gasteiger partial charge in [0, 0.05) is 25.6 Å². The predicted molar refractivity (Wildman–Crippen MR) is 95.4 cm³/mol. The van der Waals surface area contributed by atoms with Crippen LogP contribution in [0.5, 0.6) is 0 Å². The number of nitrogens with one attached hydrogen (secondary N) is 2. The Morgan fingerprint density at radius 2 is 2.10 bits per heavy atom. The van der Waals surface area contributed by atoms with Gasteiger partial charge in [-0.05, 0) is 23.9 Å². The van der Waals surface area contributed by atoms with E-state index in [2.05, 4.69) is 34.0 Å². The summed E-state index contributed by atoms with van der Waals surface area (Å²) in [5.74, 6) is 0.795. The summed E-state index contributed by atoms with van der Waals surface area (Å²) >= 11 is 1.76. The van der Waals surface area contributed by atoms with Crippen LogP contribution in [0.15, 0.2) is 16.4 Å². The van der Waals surface area contributed by atoms with Crippen LogP contribution in [0.1, 0.15) is 10.4 Å². The lowest BCUT2D eigenvalue weighted by Crippen LogP contribution is -2.38. The minimum atomic E-state index is 0. The van der Waals surface area contributed by atoms with Gasteiger partial charge in [0.1, 0.15) is 0 Å². The molecular weight excluding hydrogens is 389 g/mol. The molecule has 0 amide bonds. The lowest BCUT2D eigenvalue weighted by atomic mass is 10.3. The summed E-state index contributed by atoms with van der Waals surface area (Å²) in [5, 5.41) is 8.59. The van der Waals surface area contributed by atoms with Crippen molar-refractivity contribution >= 4 is 41.3 Å². The van der Waals surface area contributed by atoms with Crippen molar-refractivity contribution in [2.45, 2.75) is 13.5 Å². The smallest absolute Gasteiger partial charge is 0.191 e. The third kappa shape index (κ3) is 8.03. The molecule has 2 N–H and O–H groups in total. The maximum atomic E-state index is 5.37. The quantitative estimate of drug-likeness (QED) is 0.296. The molecule has 1 aromatic heterocycles. The first-order chi connectivity index (χ1) is 9.27. The van der Waals surface area contributed by atoms with E-state index >= 15 is 0 Å². The van der Waals surface area contributed by atoms with Gasteiger partial charge in [0.25, 0.3) is 0 Å². The first kappa shape index (κ1) is 19.6. The maximum Gasteiger partial charge on any atom is 0.191 e. The van der Waals surface area contributed by atoms with Crippen LogP contribution in [-0.4, -0.2) is 46.5 Å². The number of aryl methyl sites for hydroxylation is 1. The highest BCUT2D eigenvalue weighted by Gasteiger charge is 2.01. The first-order valence-electron chi connectivity index (χ1n) is 6.32. The molecule has 0 aliphatic rings. The van der Waals surface area contributed by atoms with Crippen LogP contribution >= 0.6 is 35.3 Å². The largest absolute Gasteiger partial charge is 0.382 e. The highest BCUT2D eigenvalue weighted by molar-refractivity contribution is 14.0. The zero-order valence-electron chi connectivity index (χ0n) is 12.3. The molecule has 0 saturated heterocycles. The van der Waals surface area contributed by atoms with E-state index in [1.54, 1.807) is 25.5 Å². The fourth-order valence-corrected chi connectivity index (χ4v) is 2.30. The van der Waals surface area contributed by atoms with Gasteiger partial charge in [-0.2, -0.15) is 0 Å². The van der Waals surface area contributed by atoms with Crippen LogP contribution in [0.2, 0.25) is 0 Å². The maximum absolute atomic E-state index is 5.37. The number of methoxy groups -OCH3 is 1. The summed E-state index contributed by atoms with van der Waals surface area (Å²) in [7, 11) is 3.43. The second kappa shape index (κ2) is 12.4. The lowest BCUT2D eigenvalue weighted by Gasteiger charge is -2.11. The molecule has 5 nitrogen and oxygen atoms in total. The molecule has 0 aliphatic heterocycles. The van der Waals surface area contributed by atoms with Gasteiger partial charge >= 0.3 is 0 Å². The fourth-order valence-electron chi connectivity index (χ4n) is 1.46. The van der Waals surface area contributed by atoms with Crippen molar-refractivity contribution in [1.82, 2.24) is 10.6 Å². The third-order valence-electron chi connectivity index (χ3n) is 2.58. The van der Waals surface area contributed by atoms with Gasteiger partial charge in [-0.1, -0.05) is 0 Å². The number of thiophene rings is 1. The van der Waals surface area contributed by atoms with Crippen molar-refractivity contribution in [3.8, 4) is 0 Å². The van der Waals surface area contributed by atoms with Crippen molar-refractivity contribution < 1.29 is 9.47 Å². The van der Waals surface area contributed by atoms with E-state index in [4.69, 9.17) is 9.47 Å². The van der Waals surface area contributed by atoms with Crippen molar-refractivity contribution in [1.29, 1.82) is 0 Å². The molecule has 20 heavy (non-hydrogen) atoms. The summed E-state index contributed by atoms with van der Waals surface area (Å²) in [6, 6.07) is 2.13. The molecular formula is C13H24IN3O2S. The molecule has 0 unspecified atom stereocenters. The Kier molecular flexibility index (Phi) is 12.1. The molecule has 0 saturated carbocycles. The monoisotopic (exact) mass is 413 g/mol. The second-order valence-electron chi connectivity index (χ2n) is 3.98. The number of hydrogen-bond donors (Lipinski definition) is 2. The average molecular weight is 413 g/mol. The molecule has 0 spiro atoms. The van der Waals surface area contributed by atoms with Crippen molar-refractivity contribution in [2.24, 2.45) is 4.99 Å². The molecule has 1 aromatic rings. The van der Waals surface area contributed by atoms with E-state index < -0.39 is 0 Å². The molecule has 0 bridgehead atoms. The molecule has 0 aliphatic carbocycles. The van der Waals surface area contributed by atoms with Gasteiger partial charge in [-0.15, -0.1) is 35.3 Å². The van der Waals surface area contributed by atoms with Gasteiger partial charge in [-0.3, -0.25) is 4.99 Å². The summed E-state index contributed by atoms with van der Waals surface area (Å²) in [6.07, 6.45) is 0. The van der Waals surface area contributed by atoms with Crippen molar-refractivity contribution in [2.75, 3.05) is 40.5 Å². The number of ether oxygens (including phenoxy) is 2. The Morgan fingerprint density at radius 1 is 1.30 bits per heavy atom. The van der Waals surface area contributed by atoms with Crippen molar-refractivity contribution in [3.05, 3.63) is 21.9 Å². The number of rotatable bonds is 8. The van der Waals surface area contributed by atoms with Gasteiger partial charge in [0.15, 0.2) is 5.96 Å². The molecule has 7 heteroatoms. The standard InChI is InChI=1S/C13H23N3O2S.HI/c1-11-4-9-19-12(11)10-16-13(14-2)15-5-6-18-8-7-17-3;/h4,9H,5-8,10H2,1-3H3,(H2,14,15,16);1H. The van der Waals surface area contributed by atoms with Crippen LogP contribution in [0.4, 0.5) is 0 Å². The summed E-state index contributed by atoms with van der Waals surface area (Å²) in [4.78, 5) is 5.50. The highest BCUT2D eigenvalue weighted by Crippen LogP contribution is 2.14. The lowest BCUT2D eigenvalue weighted by molar-refractivity contribution is 0.0733. The van der Waals surface area contributed by atoms with Gasteiger partial charge in [0.05, 0.1) is 26.4 Å². The normalized spacial score (nSPS) is 11.1. The van der Waals surface area contributed by atoms with E-state index in [9.17, 15) is 0 Å². The van der Waals surface area contributed by atoms with E-state index in [0.29, 0.717) is 19.8 Å². The Labute approximate surface area is 142 Å². The zero-order chi connectivity index (χ0) is 13.9. The Bertz CT molecular complexity index is 385. The van der Waals surface area contributed by atoms with E-state index in [-0.39, 0.29) is 24.0 Å². The molecule has 116 valence electrons. The summed E-state index contributed by atoms with van der Waals surface area (Å²) in [6.45, 7) is 5.54. The Hall–Kier alpha value is -0.380. The number of halogens is 1. The van der Waals surface area contributed by atoms with Crippen LogP contribution in [0.25, 0.3) is 0 Å². The fraction of sp³-hybridized carbons (Fsp3) is 0.615. The van der Waals surface area contributed by atoms with Crippen molar-refractivity contribution in [3.63, 3.8) is 0 Å². The second-order valence-corrected chi connectivity index (χ2v) is 4.99. The molecule has 1 heterocycles. The minimum Gasteiger partial charge on any atom is -0.382 e. The van der Waals surface area contributed by atoms with Crippen LogP contribution in [0.3, 0.4) is 0 Å². The molecule has 0 fully saturated rings. The van der Waals surface area contributed by atoms with Crippen LogP contribution in [-0.2, 0) is 16.0 Å². The minimum absolute atomic E-state index is 0. The van der Waals surface area contributed by atoms with Gasteiger partial charge in [-0.25, -0.2) is 0 Å². The average Bonchev–Trinajstić information content (AvgIpc) is 2.83. The highest BCUT2D eigenvalue weighted by atomic mass is 127. The van der Waals surface area contributed by atoms with Gasteiger partial charge < -0.3 is 20.1 Å². The number of aliphatic imine (C=N–C) groups is 1. The topological polar surface area (TPSA) is 54.9 Å². The Balaban J connectivity index is 0.00000361. The number of hydrogen-bond acceptors (Lipinski definition) is 4. The SMILES string of the molecule is CN=C(NCCOCCOC)NCc1sccc1C.I.